The fraction of sp³-hybridized carbons (Fsp3) is 0.118. The third-order valence-corrected chi connectivity index (χ3v) is 4.66. The first-order valence-electron chi connectivity index (χ1n) is 7.18. The van der Waals surface area contributed by atoms with E-state index < -0.39 is 0 Å². The van der Waals surface area contributed by atoms with Gasteiger partial charge in [0.1, 0.15) is 10.8 Å². The van der Waals surface area contributed by atoms with Crippen LogP contribution in [0.2, 0.25) is 0 Å². The lowest BCUT2D eigenvalue weighted by molar-refractivity contribution is 0.415. The Hall–Kier alpha value is -2.60. The molecule has 0 radical (unpaired) electrons. The van der Waals surface area contributed by atoms with Crippen LogP contribution in [0.15, 0.2) is 53.8 Å². The molecule has 3 heterocycles. The molecule has 114 valence electrons. The van der Waals surface area contributed by atoms with Gasteiger partial charge in [-0.3, -0.25) is 0 Å². The van der Waals surface area contributed by atoms with E-state index >= 15 is 0 Å². The molecule has 1 N–H and O–H groups in total. The van der Waals surface area contributed by atoms with Crippen molar-refractivity contribution in [1.29, 1.82) is 0 Å². The minimum atomic E-state index is 0.579. The van der Waals surface area contributed by atoms with Crippen molar-refractivity contribution in [3.05, 3.63) is 54.4 Å². The first kappa shape index (κ1) is 14.0. The maximum Gasteiger partial charge on any atom is 0.227 e. The van der Waals surface area contributed by atoms with E-state index in [1.165, 1.54) is 0 Å². The summed E-state index contributed by atoms with van der Waals surface area (Å²) in [6.07, 6.45) is 3.70. The number of nitrogens with zero attached hydrogens (tertiary/aromatic N) is 3. The summed E-state index contributed by atoms with van der Waals surface area (Å²) < 4.78 is 5.16. The highest BCUT2D eigenvalue weighted by Crippen LogP contribution is 2.38. The van der Waals surface area contributed by atoms with Crippen LogP contribution in [0.5, 0.6) is 5.75 Å². The first-order valence-corrected chi connectivity index (χ1v) is 8.17. The molecule has 0 amide bonds. The van der Waals surface area contributed by atoms with Gasteiger partial charge < -0.3 is 10.1 Å². The fourth-order valence-electron chi connectivity index (χ4n) is 2.44. The van der Waals surface area contributed by atoms with Gasteiger partial charge >= 0.3 is 0 Å². The van der Waals surface area contributed by atoms with Crippen LogP contribution < -0.4 is 10.1 Å². The van der Waals surface area contributed by atoms with Crippen LogP contribution in [0.1, 0.15) is 5.56 Å². The summed E-state index contributed by atoms with van der Waals surface area (Å²) >= 11 is 1.72. The molecule has 0 spiro atoms. The number of anilines is 2. The summed E-state index contributed by atoms with van der Waals surface area (Å²) in [6, 6.07) is 11.7. The molecule has 0 saturated carbocycles. The highest BCUT2D eigenvalue weighted by atomic mass is 32.2. The van der Waals surface area contributed by atoms with Crippen LogP contribution >= 0.6 is 11.8 Å². The number of ether oxygens (including phenoxy) is 1. The molecule has 0 saturated heterocycles. The molecule has 0 atom stereocenters. The summed E-state index contributed by atoms with van der Waals surface area (Å²) in [4.78, 5) is 13.5. The predicted octanol–water partition coefficient (Wildman–Crippen LogP) is 3.90. The van der Waals surface area contributed by atoms with Crippen molar-refractivity contribution in [3.63, 3.8) is 0 Å². The van der Waals surface area contributed by atoms with Crippen LogP contribution in [-0.4, -0.2) is 22.1 Å². The van der Waals surface area contributed by atoms with Gasteiger partial charge in [0.05, 0.1) is 12.8 Å². The molecule has 0 aliphatic carbocycles. The summed E-state index contributed by atoms with van der Waals surface area (Å²) in [5, 5.41) is 4.25. The zero-order chi connectivity index (χ0) is 15.6. The van der Waals surface area contributed by atoms with Gasteiger partial charge in [0, 0.05) is 35.0 Å². The molecule has 5 nitrogen and oxygen atoms in total. The minimum absolute atomic E-state index is 0.579. The third-order valence-electron chi connectivity index (χ3n) is 3.60. The highest BCUT2D eigenvalue weighted by Gasteiger charge is 2.19. The van der Waals surface area contributed by atoms with Crippen molar-refractivity contribution >= 4 is 23.4 Å². The van der Waals surface area contributed by atoms with Gasteiger partial charge in [0.25, 0.3) is 0 Å². The normalized spacial score (nSPS) is 12.2. The molecule has 3 aromatic rings. The van der Waals surface area contributed by atoms with Gasteiger partial charge in [0.15, 0.2) is 0 Å². The monoisotopic (exact) mass is 322 g/mol. The number of benzene rings is 1. The van der Waals surface area contributed by atoms with Crippen LogP contribution in [0.25, 0.3) is 11.3 Å². The van der Waals surface area contributed by atoms with E-state index in [1.54, 1.807) is 18.9 Å². The van der Waals surface area contributed by atoms with Gasteiger partial charge in [0.2, 0.25) is 5.95 Å². The van der Waals surface area contributed by atoms with Gasteiger partial charge in [-0.2, -0.15) is 0 Å². The number of nitrogens with one attached hydrogen (secondary N) is 1. The topological polar surface area (TPSA) is 59.9 Å². The molecule has 0 fully saturated rings. The van der Waals surface area contributed by atoms with Crippen LogP contribution in [-0.2, 0) is 5.75 Å². The SMILES string of the molecule is COc1ccc(Nc2ncc3c(n2)-c2cccnc2SC3)cc1. The van der Waals surface area contributed by atoms with Crippen molar-refractivity contribution in [2.24, 2.45) is 0 Å². The Balaban J connectivity index is 1.67. The summed E-state index contributed by atoms with van der Waals surface area (Å²) in [6.45, 7) is 0. The number of fused-ring (bicyclic) bond motifs is 3. The number of methoxy groups -OCH3 is 1. The van der Waals surface area contributed by atoms with Crippen molar-refractivity contribution < 1.29 is 4.74 Å². The van der Waals surface area contributed by atoms with E-state index in [1.807, 2.05) is 42.7 Å². The van der Waals surface area contributed by atoms with Crippen LogP contribution in [0.4, 0.5) is 11.6 Å². The number of hydrogen-bond acceptors (Lipinski definition) is 6. The molecular weight excluding hydrogens is 308 g/mol. The lowest BCUT2D eigenvalue weighted by Gasteiger charge is -2.17. The van der Waals surface area contributed by atoms with Crippen LogP contribution in [0, 0.1) is 0 Å². The molecule has 1 aromatic carbocycles. The van der Waals surface area contributed by atoms with E-state index in [-0.39, 0.29) is 0 Å². The van der Waals surface area contributed by atoms with Gasteiger partial charge in [-0.1, -0.05) is 0 Å². The maximum absolute atomic E-state index is 5.16. The average Bonchev–Trinajstić information content (AvgIpc) is 2.62. The second-order valence-corrected chi connectivity index (χ2v) is 6.03. The molecule has 1 aliphatic heterocycles. The molecular formula is C17H14N4OS. The number of pyridine rings is 1. The lowest BCUT2D eigenvalue weighted by Crippen LogP contribution is -2.05. The summed E-state index contributed by atoms with van der Waals surface area (Å²) in [5.74, 6) is 2.25. The Morgan fingerprint density at radius 2 is 2.00 bits per heavy atom. The summed E-state index contributed by atoms with van der Waals surface area (Å²) in [5.41, 5.74) is 4.08. The number of hydrogen-bond donors (Lipinski definition) is 1. The second kappa shape index (κ2) is 5.89. The number of aromatic nitrogens is 3. The second-order valence-electron chi connectivity index (χ2n) is 5.07. The smallest absolute Gasteiger partial charge is 0.227 e. The van der Waals surface area contributed by atoms with Crippen molar-refractivity contribution in [2.75, 3.05) is 12.4 Å². The van der Waals surface area contributed by atoms with Crippen molar-refractivity contribution in [1.82, 2.24) is 15.0 Å². The Morgan fingerprint density at radius 3 is 2.83 bits per heavy atom. The Morgan fingerprint density at radius 1 is 1.13 bits per heavy atom. The zero-order valence-electron chi connectivity index (χ0n) is 12.5. The molecule has 2 aromatic heterocycles. The van der Waals surface area contributed by atoms with Gasteiger partial charge in [-0.25, -0.2) is 15.0 Å². The molecule has 4 rings (SSSR count). The Bertz CT molecular complexity index is 851. The fourth-order valence-corrected chi connectivity index (χ4v) is 3.40. The van der Waals surface area contributed by atoms with Crippen LogP contribution in [0.3, 0.4) is 0 Å². The molecule has 6 heteroatoms. The van der Waals surface area contributed by atoms with E-state index in [4.69, 9.17) is 4.74 Å². The quantitative estimate of drug-likeness (QED) is 0.789. The van der Waals surface area contributed by atoms with E-state index in [2.05, 4.69) is 26.3 Å². The Kier molecular flexibility index (Phi) is 3.59. The number of rotatable bonds is 3. The van der Waals surface area contributed by atoms with Gasteiger partial charge in [-0.15, -0.1) is 11.8 Å². The highest BCUT2D eigenvalue weighted by molar-refractivity contribution is 7.98. The standard InChI is InChI=1S/C17H14N4OS/c1-22-13-6-4-12(5-7-13)20-17-19-9-11-10-23-16-14(15(11)21-17)3-2-8-18-16/h2-9H,10H2,1H3,(H,19,20,21). The average molecular weight is 322 g/mol. The maximum atomic E-state index is 5.16. The summed E-state index contributed by atoms with van der Waals surface area (Å²) in [7, 11) is 1.65. The zero-order valence-corrected chi connectivity index (χ0v) is 13.3. The third kappa shape index (κ3) is 2.73. The Labute approximate surface area is 138 Å². The van der Waals surface area contributed by atoms with Crippen molar-refractivity contribution in [2.45, 2.75) is 10.8 Å². The van der Waals surface area contributed by atoms with E-state index in [0.29, 0.717) is 5.95 Å². The molecule has 0 unspecified atom stereocenters. The van der Waals surface area contributed by atoms with E-state index in [0.717, 1.165) is 39.0 Å². The molecule has 1 aliphatic rings. The minimum Gasteiger partial charge on any atom is -0.497 e. The van der Waals surface area contributed by atoms with Crippen molar-refractivity contribution in [3.8, 4) is 17.0 Å². The molecule has 0 bridgehead atoms. The largest absolute Gasteiger partial charge is 0.497 e. The molecule has 23 heavy (non-hydrogen) atoms. The lowest BCUT2D eigenvalue weighted by atomic mass is 10.1. The van der Waals surface area contributed by atoms with E-state index in [9.17, 15) is 0 Å². The van der Waals surface area contributed by atoms with Gasteiger partial charge in [-0.05, 0) is 36.4 Å². The number of thioether (sulfide) groups is 1. The first-order chi connectivity index (χ1) is 11.3. The predicted molar refractivity (Wildman–Crippen MR) is 91.1 cm³/mol.